The maximum atomic E-state index is 13.3. The third kappa shape index (κ3) is 1.54. The molecule has 1 atom stereocenters. The molecule has 1 heterocycles. The molecule has 0 radical (unpaired) electrons. The number of amides is 2. The second kappa shape index (κ2) is 3.30. The Morgan fingerprint density at radius 2 is 1.93 bits per heavy atom. The number of hydrogen-bond donors (Lipinski definition) is 2. The van der Waals surface area contributed by atoms with Crippen molar-refractivity contribution in [3.05, 3.63) is 35.4 Å². The minimum absolute atomic E-state index is 0.135. The van der Waals surface area contributed by atoms with Crippen molar-refractivity contribution in [3.63, 3.8) is 0 Å². The zero-order valence-electron chi connectivity index (χ0n) is 7.50. The average molecular weight is 211 g/mol. The van der Waals surface area contributed by atoms with Crippen LogP contribution in [-0.4, -0.2) is 11.9 Å². The summed E-state index contributed by atoms with van der Waals surface area (Å²) in [5.41, 5.74) is 5.09. The molecule has 0 aliphatic carbocycles. The Kier molecular flexibility index (Phi) is 2.11. The molecule has 0 spiro atoms. The Morgan fingerprint density at radius 3 is 2.40 bits per heavy atom. The van der Waals surface area contributed by atoms with Crippen LogP contribution in [0.2, 0.25) is 0 Å². The van der Waals surface area contributed by atoms with E-state index in [0.717, 1.165) is 12.1 Å². The Balaban J connectivity index is 2.47. The number of amidine groups is 1. The summed E-state index contributed by atoms with van der Waals surface area (Å²) in [6, 6.07) is 1.71. The first-order valence-corrected chi connectivity index (χ1v) is 4.18. The van der Waals surface area contributed by atoms with Gasteiger partial charge in [0.05, 0.1) is 5.56 Å². The van der Waals surface area contributed by atoms with Crippen LogP contribution < -0.4 is 11.1 Å². The van der Waals surface area contributed by atoms with Crippen LogP contribution in [0.3, 0.4) is 0 Å². The van der Waals surface area contributed by atoms with E-state index in [2.05, 4.69) is 10.3 Å². The molecule has 3 N–H and O–H groups in total. The van der Waals surface area contributed by atoms with Crippen LogP contribution in [0.1, 0.15) is 11.6 Å². The zero-order valence-corrected chi connectivity index (χ0v) is 7.50. The molecule has 0 aromatic heterocycles. The first-order valence-electron chi connectivity index (χ1n) is 4.18. The highest BCUT2D eigenvalue weighted by Crippen LogP contribution is 2.23. The average Bonchev–Trinajstić information content (AvgIpc) is 2.45. The fourth-order valence-electron chi connectivity index (χ4n) is 1.42. The van der Waals surface area contributed by atoms with Gasteiger partial charge in [0.2, 0.25) is 0 Å². The fraction of sp³-hybridized carbons (Fsp3) is 0.111. The number of halogens is 2. The summed E-state index contributed by atoms with van der Waals surface area (Å²) in [4.78, 5) is 14.2. The molecule has 0 saturated heterocycles. The van der Waals surface area contributed by atoms with Gasteiger partial charge in [-0.1, -0.05) is 6.07 Å². The smallest absolute Gasteiger partial charge is 0.343 e. The number of nitrogens with one attached hydrogen (secondary N) is 1. The van der Waals surface area contributed by atoms with E-state index >= 15 is 0 Å². The van der Waals surface area contributed by atoms with Gasteiger partial charge in [-0.15, -0.1) is 0 Å². The van der Waals surface area contributed by atoms with Crippen molar-refractivity contribution in [2.75, 3.05) is 0 Å². The zero-order chi connectivity index (χ0) is 11.0. The van der Waals surface area contributed by atoms with Crippen molar-refractivity contribution in [1.29, 1.82) is 0 Å². The minimum atomic E-state index is -1.02. The van der Waals surface area contributed by atoms with E-state index in [0.29, 0.717) is 0 Å². The van der Waals surface area contributed by atoms with Crippen molar-refractivity contribution in [2.24, 2.45) is 10.7 Å². The predicted octanol–water partition coefficient (Wildman–Crippen LogP) is 1.09. The van der Waals surface area contributed by atoms with Gasteiger partial charge in [-0.05, 0) is 12.1 Å². The van der Waals surface area contributed by atoms with Crippen molar-refractivity contribution >= 4 is 11.9 Å². The normalized spacial score (nSPS) is 20.0. The second-order valence-corrected chi connectivity index (χ2v) is 3.05. The van der Waals surface area contributed by atoms with Crippen molar-refractivity contribution < 1.29 is 13.6 Å². The summed E-state index contributed by atoms with van der Waals surface area (Å²) in [5.74, 6) is -1.66. The molecule has 2 rings (SSSR count). The van der Waals surface area contributed by atoms with Gasteiger partial charge in [0.25, 0.3) is 0 Å². The molecule has 1 aromatic carbocycles. The molecule has 0 fully saturated rings. The first kappa shape index (κ1) is 9.57. The van der Waals surface area contributed by atoms with E-state index in [-0.39, 0.29) is 11.4 Å². The molecule has 1 unspecified atom stereocenters. The molecule has 4 nitrogen and oxygen atoms in total. The molecule has 1 aliphatic rings. The van der Waals surface area contributed by atoms with E-state index in [1.165, 1.54) is 6.07 Å². The quantitative estimate of drug-likeness (QED) is 0.730. The van der Waals surface area contributed by atoms with Gasteiger partial charge in [0.15, 0.2) is 0 Å². The summed E-state index contributed by atoms with van der Waals surface area (Å²) < 4.78 is 26.6. The molecule has 15 heavy (non-hydrogen) atoms. The van der Waals surface area contributed by atoms with Crippen molar-refractivity contribution in [2.45, 2.75) is 6.04 Å². The number of rotatable bonds is 1. The standard InChI is InChI=1S/C9H7F2N3O/c10-4-2-1-3-5(11)6(4)7-8(12)14-9(15)13-7/h1-3,7H,(H3,12,13,14,15). The largest absolute Gasteiger partial charge is 0.385 e. The SMILES string of the molecule is NC1=NC(=O)NC1c1c(F)cccc1F. The Morgan fingerprint density at radius 1 is 1.33 bits per heavy atom. The lowest BCUT2D eigenvalue weighted by Gasteiger charge is -2.12. The van der Waals surface area contributed by atoms with E-state index in [9.17, 15) is 13.6 Å². The topological polar surface area (TPSA) is 67.5 Å². The van der Waals surface area contributed by atoms with Crippen LogP contribution in [0, 0.1) is 11.6 Å². The van der Waals surface area contributed by atoms with Gasteiger partial charge in [-0.25, -0.2) is 13.6 Å². The Bertz CT molecular complexity index is 438. The highest BCUT2D eigenvalue weighted by molar-refractivity contribution is 6.03. The summed E-state index contributed by atoms with van der Waals surface area (Å²) in [5, 5.41) is 2.25. The highest BCUT2D eigenvalue weighted by atomic mass is 19.1. The number of urea groups is 1. The summed E-state index contributed by atoms with van der Waals surface area (Å²) in [6.45, 7) is 0. The van der Waals surface area contributed by atoms with Gasteiger partial charge in [0.1, 0.15) is 23.5 Å². The molecule has 6 heteroatoms. The number of carbonyl (C=O) groups excluding carboxylic acids is 1. The van der Waals surface area contributed by atoms with Crippen LogP contribution in [0.15, 0.2) is 23.2 Å². The van der Waals surface area contributed by atoms with E-state index in [1.54, 1.807) is 0 Å². The number of nitrogens with zero attached hydrogens (tertiary/aromatic N) is 1. The van der Waals surface area contributed by atoms with Crippen LogP contribution in [-0.2, 0) is 0 Å². The maximum absolute atomic E-state index is 13.3. The van der Waals surface area contributed by atoms with Gasteiger partial charge < -0.3 is 11.1 Å². The van der Waals surface area contributed by atoms with Crippen molar-refractivity contribution in [1.82, 2.24) is 5.32 Å². The second-order valence-electron chi connectivity index (χ2n) is 3.05. The van der Waals surface area contributed by atoms with Gasteiger partial charge in [0, 0.05) is 0 Å². The number of aliphatic imine (C=N–C) groups is 1. The molecular weight excluding hydrogens is 204 g/mol. The number of nitrogens with two attached hydrogens (primary N) is 1. The monoisotopic (exact) mass is 211 g/mol. The first-order chi connectivity index (χ1) is 7.09. The minimum Gasteiger partial charge on any atom is -0.385 e. The lowest BCUT2D eigenvalue weighted by molar-refractivity contribution is 0.250. The van der Waals surface area contributed by atoms with Gasteiger partial charge in [-0.2, -0.15) is 4.99 Å². The molecule has 1 aliphatic heterocycles. The van der Waals surface area contributed by atoms with Crippen LogP contribution in [0.25, 0.3) is 0 Å². The van der Waals surface area contributed by atoms with Crippen LogP contribution in [0.5, 0.6) is 0 Å². The van der Waals surface area contributed by atoms with E-state index in [4.69, 9.17) is 5.73 Å². The number of benzene rings is 1. The van der Waals surface area contributed by atoms with Gasteiger partial charge >= 0.3 is 6.03 Å². The Hall–Kier alpha value is -1.98. The van der Waals surface area contributed by atoms with Crippen LogP contribution >= 0.6 is 0 Å². The fourth-order valence-corrected chi connectivity index (χ4v) is 1.42. The number of carbonyl (C=O) groups is 1. The highest BCUT2D eigenvalue weighted by Gasteiger charge is 2.29. The lowest BCUT2D eigenvalue weighted by atomic mass is 10.1. The lowest BCUT2D eigenvalue weighted by Crippen LogP contribution is -2.29. The molecule has 1 aromatic rings. The van der Waals surface area contributed by atoms with E-state index in [1.807, 2.05) is 0 Å². The molecule has 78 valence electrons. The molecule has 0 bridgehead atoms. The Labute approximate surface area is 83.8 Å². The summed E-state index contributed by atoms with van der Waals surface area (Å²) in [7, 11) is 0. The number of hydrogen-bond acceptors (Lipinski definition) is 2. The third-order valence-corrected chi connectivity index (χ3v) is 2.08. The molecule has 0 saturated carbocycles. The molecular formula is C9H7F2N3O. The molecule has 2 amide bonds. The van der Waals surface area contributed by atoms with Crippen LogP contribution in [0.4, 0.5) is 13.6 Å². The van der Waals surface area contributed by atoms with Gasteiger partial charge in [-0.3, -0.25) is 0 Å². The summed E-state index contributed by atoms with van der Waals surface area (Å²) in [6.07, 6.45) is 0. The van der Waals surface area contributed by atoms with Crippen molar-refractivity contribution in [3.8, 4) is 0 Å². The third-order valence-electron chi connectivity index (χ3n) is 2.08. The predicted molar refractivity (Wildman–Crippen MR) is 49.3 cm³/mol. The maximum Gasteiger partial charge on any atom is 0.343 e. The summed E-state index contributed by atoms with van der Waals surface area (Å²) >= 11 is 0. The van der Waals surface area contributed by atoms with E-state index < -0.39 is 23.7 Å².